The van der Waals surface area contributed by atoms with Gasteiger partial charge >= 0.3 is 0 Å². The third-order valence-corrected chi connectivity index (χ3v) is 4.70. The molecule has 0 aliphatic carbocycles. The Kier molecular flexibility index (Phi) is 6.04. The second-order valence-electron chi connectivity index (χ2n) is 4.87. The van der Waals surface area contributed by atoms with Crippen molar-refractivity contribution in [3.05, 3.63) is 59.2 Å². The average molecular weight is 423 g/mol. The highest BCUT2D eigenvalue weighted by Gasteiger charge is 2.12. The average Bonchev–Trinajstić information content (AvgIpc) is 2.59. The molecule has 2 aromatic rings. The number of halogens is 1. The molecule has 2 aromatic carbocycles. The zero-order valence-corrected chi connectivity index (χ0v) is 15.1. The van der Waals surface area contributed by atoms with Gasteiger partial charge < -0.3 is 15.2 Å². The van der Waals surface area contributed by atoms with Gasteiger partial charge in [-0.05, 0) is 29.3 Å². The Morgan fingerprint density at radius 1 is 1.09 bits per heavy atom. The number of amides is 1. The number of carbonyl (C=O) groups excluding carboxylic acids is 1. The third-order valence-electron chi connectivity index (χ3n) is 3.37. The molecular formula is C18H18INO3. The van der Waals surface area contributed by atoms with E-state index in [1.165, 1.54) is 0 Å². The van der Waals surface area contributed by atoms with Crippen molar-refractivity contribution in [3.63, 3.8) is 0 Å². The first-order valence-corrected chi connectivity index (χ1v) is 8.23. The predicted octanol–water partition coefficient (Wildman–Crippen LogP) is 3.84. The molecule has 23 heavy (non-hydrogen) atoms. The van der Waals surface area contributed by atoms with E-state index in [-0.39, 0.29) is 9.83 Å². The number of primary amides is 1. The van der Waals surface area contributed by atoms with Crippen LogP contribution in [-0.4, -0.2) is 20.1 Å². The van der Waals surface area contributed by atoms with Crippen LogP contribution in [0.15, 0.2) is 42.5 Å². The van der Waals surface area contributed by atoms with Gasteiger partial charge in [0.1, 0.15) is 15.4 Å². The van der Waals surface area contributed by atoms with Crippen LogP contribution in [0.3, 0.4) is 0 Å². The van der Waals surface area contributed by atoms with Gasteiger partial charge in [-0.3, -0.25) is 4.79 Å². The smallest absolute Gasteiger partial charge is 0.234 e. The van der Waals surface area contributed by atoms with Gasteiger partial charge in [-0.25, -0.2) is 0 Å². The largest absolute Gasteiger partial charge is 0.497 e. The molecule has 1 amide bonds. The van der Waals surface area contributed by atoms with Crippen LogP contribution in [0, 0.1) is 0 Å². The number of hydrogen-bond acceptors (Lipinski definition) is 3. The highest BCUT2D eigenvalue weighted by atomic mass is 127. The quantitative estimate of drug-likeness (QED) is 0.437. The van der Waals surface area contributed by atoms with Crippen molar-refractivity contribution in [2.75, 3.05) is 14.2 Å². The minimum absolute atomic E-state index is 0.316. The minimum Gasteiger partial charge on any atom is -0.497 e. The molecule has 0 fully saturated rings. The lowest BCUT2D eigenvalue weighted by Gasteiger charge is -2.08. The van der Waals surface area contributed by atoms with Crippen LogP contribution in [0.1, 0.15) is 20.6 Å². The second kappa shape index (κ2) is 8.01. The highest BCUT2D eigenvalue weighted by molar-refractivity contribution is 14.1. The molecular weight excluding hydrogens is 405 g/mol. The number of hydrogen-bond donors (Lipinski definition) is 1. The summed E-state index contributed by atoms with van der Waals surface area (Å²) in [6.07, 6.45) is 3.94. The summed E-state index contributed by atoms with van der Waals surface area (Å²) in [7, 11) is 3.27. The van der Waals surface area contributed by atoms with Gasteiger partial charge in [-0.1, -0.05) is 59.0 Å². The molecule has 1 atom stereocenters. The summed E-state index contributed by atoms with van der Waals surface area (Å²) in [4.78, 5) is 11.2. The number of ether oxygens (including phenoxy) is 2. The number of benzene rings is 2. The monoisotopic (exact) mass is 423 g/mol. The Morgan fingerprint density at radius 3 is 2.35 bits per heavy atom. The summed E-state index contributed by atoms with van der Waals surface area (Å²) in [6, 6.07) is 13.4. The molecule has 0 heterocycles. The zero-order valence-electron chi connectivity index (χ0n) is 13.0. The number of rotatable bonds is 6. The maximum atomic E-state index is 11.2. The van der Waals surface area contributed by atoms with Crippen molar-refractivity contribution >= 4 is 40.7 Å². The number of nitrogens with two attached hydrogens (primary N) is 1. The van der Waals surface area contributed by atoms with Gasteiger partial charge in [0.2, 0.25) is 5.91 Å². The standard InChI is InChI=1S/C18H18INO3/c1-22-15-9-10-16(23-2)14(11-15)8-5-12-3-6-13(7-4-12)17(19)18(20)21/h3-11,17H,1-2H3,(H2,20,21). The maximum Gasteiger partial charge on any atom is 0.234 e. The molecule has 2 rings (SSSR count). The summed E-state index contributed by atoms with van der Waals surface area (Å²) in [5.41, 5.74) is 8.16. The van der Waals surface area contributed by atoms with Gasteiger partial charge in [-0.15, -0.1) is 0 Å². The highest BCUT2D eigenvalue weighted by Crippen LogP contribution is 2.27. The lowest BCUT2D eigenvalue weighted by Crippen LogP contribution is -2.16. The number of alkyl halides is 1. The molecule has 4 nitrogen and oxygen atoms in total. The van der Waals surface area contributed by atoms with Crippen LogP contribution in [-0.2, 0) is 4.79 Å². The zero-order chi connectivity index (χ0) is 16.8. The fraction of sp³-hybridized carbons (Fsp3) is 0.167. The van der Waals surface area contributed by atoms with Crippen LogP contribution < -0.4 is 15.2 Å². The van der Waals surface area contributed by atoms with Crippen LogP contribution in [0.25, 0.3) is 12.2 Å². The van der Waals surface area contributed by atoms with E-state index in [9.17, 15) is 4.79 Å². The number of methoxy groups -OCH3 is 2. The van der Waals surface area contributed by atoms with E-state index in [1.54, 1.807) is 14.2 Å². The Morgan fingerprint density at radius 2 is 1.78 bits per heavy atom. The minimum atomic E-state index is -0.338. The van der Waals surface area contributed by atoms with Gasteiger partial charge in [0, 0.05) is 5.56 Å². The molecule has 0 aliphatic heterocycles. The Labute approximate surface area is 149 Å². The SMILES string of the molecule is COc1ccc(OC)c(C=Cc2ccc(C(I)C(N)=O)cc2)c1. The molecule has 120 valence electrons. The summed E-state index contributed by atoms with van der Waals surface area (Å²) in [5, 5.41) is 0. The summed E-state index contributed by atoms with van der Waals surface area (Å²) < 4.78 is 10.3. The molecule has 0 aromatic heterocycles. The summed E-state index contributed by atoms with van der Waals surface area (Å²) in [5.74, 6) is 1.21. The second-order valence-corrected chi connectivity index (χ2v) is 6.12. The normalized spacial score (nSPS) is 12.1. The molecule has 2 N–H and O–H groups in total. The molecule has 5 heteroatoms. The fourth-order valence-electron chi connectivity index (χ4n) is 2.10. The van der Waals surface area contributed by atoms with E-state index in [2.05, 4.69) is 0 Å². The first-order valence-electron chi connectivity index (χ1n) is 6.98. The lowest BCUT2D eigenvalue weighted by atomic mass is 10.1. The van der Waals surface area contributed by atoms with Crippen molar-refractivity contribution in [1.82, 2.24) is 0 Å². The van der Waals surface area contributed by atoms with Crippen molar-refractivity contribution in [2.45, 2.75) is 3.92 Å². The first kappa shape index (κ1) is 17.3. The van der Waals surface area contributed by atoms with Gasteiger partial charge in [0.25, 0.3) is 0 Å². The van der Waals surface area contributed by atoms with E-state index in [1.807, 2.05) is 77.2 Å². The van der Waals surface area contributed by atoms with Gasteiger partial charge in [0.15, 0.2) is 0 Å². The maximum absolute atomic E-state index is 11.2. The van der Waals surface area contributed by atoms with Crippen LogP contribution in [0.4, 0.5) is 0 Å². The van der Waals surface area contributed by atoms with Gasteiger partial charge in [0.05, 0.1) is 14.2 Å². The molecule has 0 radical (unpaired) electrons. The van der Waals surface area contributed by atoms with E-state index < -0.39 is 0 Å². The molecule has 1 unspecified atom stereocenters. The van der Waals surface area contributed by atoms with E-state index in [0.717, 1.165) is 28.2 Å². The van der Waals surface area contributed by atoms with Gasteiger partial charge in [-0.2, -0.15) is 0 Å². The molecule has 0 spiro atoms. The predicted molar refractivity (Wildman–Crippen MR) is 101 cm³/mol. The van der Waals surface area contributed by atoms with Crippen LogP contribution in [0.5, 0.6) is 11.5 Å². The van der Waals surface area contributed by atoms with E-state index in [0.29, 0.717) is 0 Å². The third kappa shape index (κ3) is 4.48. The fourth-order valence-corrected chi connectivity index (χ4v) is 2.51. The Bertz CT molecular complexity index is 711. The van der Waals surface area contributed by atoms with Crippen molar-refractivity contribution in [1.29, 1.82) is 0 Å². The molecule has 0 saturated heterocycles. The van der Waals surface area contributed by atoms with Crippen molar-refractivity contribution in [2.24, 2.45) is 5.73 Å². The molecule has 0 bridgehead atoms. The molecule has 0 aliphatic rings. The summed E-state index contributed by atoms with van der Waals surface area (Å²) in [6.45, 7) is 0. The van der Waals surface area contributed by atoms with Crippen molar-refractivity contribution < 1.29 is 14.3 Å². The van der Waals surface area contributed by atoms with E-state index >= 15 is 0 Å². The van der Waals surface area contributed by atoms with Crippen LogP contribution in [0.2, 0.25) is 0 Å². The lowest BCUT2D eigenvalue weighted by molar-refractivity contribution is -0.117. The topological polar surface area (TPSA) is 61.6 Å². The molecule has 0 saturated carbocycles. The van der Waals surface area contributed by atoms with E-state index in [4.69, 9.17) is 15.2 Å². The van der Waals surface area contributed by atoms with Crippen molar-refractivity contribution in [3.8, 4) is 11.5 Å². The number of carbonyl (C=O) groups is 1. The summed E-state index contributed by atoms with van der Waals surface area (Å²) >= 11 is 2.03. The first-order chi connectivity index (χ1) is 11.0. The Balaban J connectivity index is 2.22. The Hall–Kier alpha value is -2.02. The van der Waals surface area contributed by atoms with Crippen LogP contribution >= 0.6 is 22.6 Å².